The molecule has 1 heterocycles. The zero-order valence-corrected chi connectivity index (χ0v) is 15.0. The second-order valence-electron chi connectivity index (χ2n) is 6.03. The Hall–Kier alpha value is -2.73. The van der Waals surface area contributed by atoms with Crippen LogP contribution in [0.25, 0.3) is 0 Å². The number of carbonyl (C=O) groups is 1. The molecule has 1 fully saturated rings. The lowest BCUT2D eigenvalue weighted by atomic mass is 10.2. The van der Waals surface area contributed by atoms with Crippen LogP contribution in [0, 0.1) is 0 Å². The fraction of sp³-hybridized carbons (Fsp3) is 0.350. The van der Waals surface area contributed by atoms with E-state index in [1.807, 2.05) is 0 Å². The molecule has 0 aliphatic carbocycles. The van der Waals surface area contributed by atoms with Crippen LogP contribution in [-0.2, 0) is 4.74 Å². The number of ether oxygens (including phenoxy) is 4. The van der Waals surface area contributed by atoms with E-state index in [0.29, 0.717) is 29.4 Å². The van der Waals surface area contributed by atoms with Crippen LogP contribution in [0.3, 0.4) is 0 Å². The van der Waals surface area contributed by atoms with Gasteiger partial charge in [-0.2, -0.15) is 0 Å². The Balaban J connectivity index is 1.60. The zero-order chi connectivity index (χ0) is 18.4. The smallest absolute Gasteiger partial charge is 0.255 e. The predicted molar refractivity (Wildman–Crippen MR) is 98.4 cm³/mol. The van der Waals surface area contributed by atoms with Crippen LogP contribution in [0.1, 0.15) is 23.2 Å². The van der Waals surface area contributed by atoms with Gasteiger partial charge in [-0.1, -0.05) is 0 Å². The lowest BCUT2D eigenvalue weighted by Crippen LogP contribution is -2.16. The summed E-state index contributed by atoms with van der Waals surface area (Å²) in [5, 5.41) is 2.84. The van der Waals surface area contributed by atoms with Gasteiger partial charge >= 0.3 is 0 Å². The number of methoxy groups -OCH3 is 2. The fourth-order valence-corrected chi connectivity index (χ4v) is 2.75. The summed E-state index contributed by atoms with van der Waals surface area (Å²) in [7, 11) is 3.13. The third kappa shape index (κ3) is 4.67. The first-order chi connectivity index (χ1) is 12.7. The van der Waals surface area contributed by atoms with Gasteiger partial charge in [-0.3, -0.25) is 4.79 Å². The van der Waals surface area contributed by atoms with Gasteiger partial charge in [0, 0.05) is 36.1 Å². The molecule has 2 aromatic rings. The quantitative estimate of drug-likeness (QED) is 0.821. The topological polar surface area (TPSA) is 66.0 Å². The van der Waals surface area contributed by atoms with Crippen molar-refractivity contribution in [1.82, 2.24) is 0 Å². The molecule has 0 saturated carbocycles. The highest BCUT2D eigenvalue weighted by atomic mass is 16.5. The Labute approximate surface area is 153 Å². The van der Waals surface area contributed by atoms with Crippen molar-refractivity contribution >= 4 is 11.6 Å². The van der Waals surface area contributed by atoms with Crippen LogP contribution in [0.2, 0.25) is 0 Å². The van der Waals surface area contributed by atoms with Crippen molar-refractivity contribution in [2.24, 2.45) is 0 Å². The second-order valence-corrected chi connectivity index (χ2v) is 6.03. The maximum absolute atomic E-state index is 12.4. The van der Waals surface area contributed by atoms with Gasteiger partial charge < -0.3 is 24.3 Å². The van der Waals surface area contributed by atoms with Gasteiger partial charge in [-0.25, -0.2) is 0 Å². The summed E-state index contributed by atoms with van der Waals surface area (Å²) in [6, 6.07) is 12.3. The summed E-state index contributed by atoms with van der Waals surface area (Å²) in [5.74, 6) is 1.72. The van der Waals surface area contributed by atoms with Crippen molar-refractivity contribution in [1.29, 1.82) is 0 Å². The first-order valence-corrected chi connectivity index (χ1v) is 8.57. The van der Waals surface area contributed by atoms with Crippen LogP contribution in [0.5, 0.6) is 17.2 Å². The molecule has 1 saturated heterocycles. The summed E-state index contributed by atoms with van der Waals surface area (Å²) in [4.78, 5) is 12.4. The van der Waals surface area contributed by atoms with Crippen molar-refractivity contribution in [3.63, 3.8) is 0 Å². The van der Waals surface area contributed by atoms with Gasteiger partial charge in [0.05, 0.1) is 20.3 Å². The molecule has 1 aliphatic heterocycles. The van der Waals surface area contributed by atoms with Gasteiger partial charge in [0.25, 0.3) is 5.91 Å². The van der Waals surface area contributed by atoms with Crippen LogP contribution >= 0.6 is 0 Å². The van der Waals surface area contributed by atoms with E-state index >= 15 is 0 Å². The Morgan fingerprint density at radius 1 is 1.08 bits per heavy atom. The van der Waals surface area contributed by atoms with Crippen LogP contribution < -0.4 is 19.5 Å². The molecular formula is C20H23NO5. The molecule has 0 bridgehead atoms. The third-order valence-electron chi connectivity index (χ3n) is 4.19. The minimum atomic E-state index is -0.217. The van der Waals surface area contributed by atoms with E-state index in [9.17, 15) is 4.79 Å². The van der Waals surface area contributed by atoms with Gasteiger partial charge in [0.1, 0.15) is 23.9 Å². The Morgan fingerprint density at radius 3 is 2.35 bits per heavy atom. The summed E-state index contributed by atoms with van der Waals surface area (Å²) in [6.07, 6.45) is 2.29. The SMILES string of the molecule is COc1cc(NC(=O)c2ccc(OC[C@H]3CCCO3)cc2)cc(OC)c1. The summed E-state index contributed by atoms with van der Waals surface area (Å²) in [6.45, 7) is 1.34. The lowest BCUT2D eigenvalue weighted by Gasteiger charge is -2.12. The molecule has 1 aliphatic rings. The van der Waals surface area contributed by atoms with Crippen molar-refractivity contribution in [3.8, 4) is 17.2 Å². The largest absolute Gasteiger partial charge is 0.497 e. The Kier molecular flexibility index (Phi) is 5.96. The molecule has 1 N–H and O–H groups in total. The Morgan fingerprint density at radius 2 is 1.77 bits per heavy atom. The highest BCUT2D eigenvalue weighted by Gasteiger charge is 2.16. The first kappa shape index (κ1) is 18.1. The molecule has 0 radical (unpaired) electrons. The lowest BCUT2D eigenvalue weighted by molar-refractivity contribution is 0.0679. The maximum atomic E-state index is 12.4. The van der Waals surface area contributed by atoms with Crippen LogP contribution in [0.15, 0.2) is 42.5 Å². The summed E-state index contributed by atoms with van der Waals surface area (Å²) >= 11 is 0. The molecule has 6 nitrogen and oxygen atoms in total. The van der Waals surface area contributed by atoms with Crippen LogP contribution in [0.4, 0.5) is 5.69 Å². The molecule has 2 aromatic carbocycles. The number of hydrogen-bond donors (Lipinski definition) is 1. The number of benzene rings is 2. The van der Waals surface area contributed by atoms with Gasteiger partial charge in [0.15, 0.2) is 0 Å². The number of nitrogens with one attached hydrogen (secondary N) is 1. The minimum Gasteiger partial charge on any atom is -0.497 e. The van der Waals surface area contributed by atoms with Gasteiger partial charge in [-0.05, 0) is 37.1 Å². The molecule has 1 atom stereocenters. The molecule has 138 valence electrons. The van der Waals surface area contributed by atoms with E-state index in [0.717, 1.165) is 25.2 Å². The average Bonchev–Trinajstić information content (AvgIpc) is 3.20. The molecule has 0 spiro atoms. The number of amides is 1. The van der Waals surface area contributed by atoms with Crippen LogP contribution in [-0.4, -0.2) is 39.4 Å². The van der Waals surface area contributed by atoms with E-state index < -0.39 is 0 Å². The second kappa shape index (κ2) is 8.58. The standard InChI is InChI=1S/C20H23NO5/c1-23-18-10-15(11-19(12-18)24-2)21-20(22)14-5-7-16(8-6-14)26-13-17-4-3-9-25-17/h5-8,10-12,17H,3-4,9,13H2,1-2H3,(H,21,22)/t17-/m1/s1. The van der Waals surface area contributed by atoms with E-state index in [-0.39, 0.29) is 12.0 Å². The maximum Gasteiger partial charge on any atom is 0.255 e. The number of hydrogen-bond acceptors (Lipinski definition) is 5. The molecule has 26 heavy (non-hydrogen) atoms. The third-order valence-corrected chi connectivity index (χ3v) is 4.19. The highest BCUT2D eigenvalue weighted by Crippen LogP contribution is 2.26. The van der Waals surface area contributed by atoms with Crippen molar-refractivity contribution in [2.75, 3.05) is 32.8 Å². The van der Waals surface area contributed by atoms with Gasteiger partial charge in [0.2, 0.25) is 0 Å². The molecule has 0 unspecified atom stereocenters. The summed E-state index contributed by atoms with van der Waals surface area (Å²) in [5.41, 5.74) is 1.14. The number of anilines is 1. The monoisotopic (exact) mass is 357 g/mol. The molecule has 1 amide bonds. The van der Waals surface area contributed by atoms with E-state index in [1.165, 1.54) is 0 Å². The first-order valence-electron chi connectivity index (χ1n) is 8.57. The van der Waals surface area contributed by atoms with Crippen molar-refractivity contribution in [3.05, 3.63) is 48.0 Å². The van der Waals surface area contributed by atoms with Gasteiger partial charge in [-0.15, -0.1) is 0 Å². The van der Waals surface area contributed by atoms with E-state index in [1.54, 1.807) is 56.7 Å². The van der Waals surface area contributed by atoms with E-state index in [2.05, 4.69) is 5.32 Å². The van der Waals surface area contributed by atoms with Crippen molar-refractivity contribution < 1.29 is 23.7 Å². The number of carbonyl (C=O) groups excluding carboxylic acids is 1. The Bertz CT molecular complexity index is 716. The molecule has 3 rings (SSSR count). The molecule has 0 aromatic heterocycles. The fourth-order valence-electron chi connectivity index (χ4n) is 2.75. The average molecular weight is 357 g/mol. The number of rotatable bonds is 7. The van der Waals surface area contributed by atoms with E-state index in [4.69, 9.17) is 18.9 Å². The summed E-state index contributed by atoms with van der Waals surface area (Å²) < 4.78 is 21.7. The van der Waals surface area contributed by atoms with Crippen molar-refractivity contribution in [2.45, 2.75) is 18.9 Å². The molecular weight excluding hydrogens is 334 g/mol. The zero-order valence-electron chi connectivity index (χ0n) is 15.0. The normalized spacial score (nSPS) is 16.2. The predicted octanol–water partition coefficient (Wildman–Crippen LogP) is 3.51. The highest BCUT2D eigenvalue weighted by molar-refractivity contribution is 6.04. The minimum absolute atomic E-state index is 0.168. The molecule has 6 heteroatoms.